The fraction of sp³-hybridized carbons (Fsp3) is 0.682. The third-order valence-corrected chi connectivity index (χ3v) is 7.49. The fourth-order valence-corrected chi connectivity index (χ4v) is 4.30. The summed E-state index contributed by atoms with van der Waals surface area (Å²) >= 11 is 12.3. The molecule has 0 amide bonds. The molecule has 3 rings (SSSR count). The van der Waals surface area contributed by atoms with Crippen LogP contribution in [0.2, 0.25) is 5.02 Å². The average Bonchev–Trinajstić information content (AvgIpc) is 2.48. The molecule has 160 valence electrons. The topological polar surface area (TPSA) is 41.9 Å². The predicted molar refractivity (Wildman–Crippen MR) is 124 cm³/mol. The SMILES string of the molecule is CC(C)(C)C(=S)N1CC2(COC2)C1c1cc(Cl)cc(BOC(C)(C)C(C)(C)O)c1. The van der Waals surface area contributed by atoms with Gasteiger partial charge in [-0.3, -0.25) is 0 Å². The standard InChI is InChI=1S/C22H33BClNO3S/c1-19(2,3)18(29)25-11-22(12-27-13-22)17(25)14-8-15(10-16(24)9-14)23-28-21(6,7)20(4,5)26/h8-10,17,23,26H,11-13H2,1-7H3. The first-order valence-electron chi connectivity index (χ1n) is 10.2. The number of hydrogen-bond donors (Lipinski definition) is 1. The predicted octanol–water partition coefficient (Wildman–Crippen LogP) is 3.63. The van der Waals surface area contributed by atoms with Crippen LogP contribution >= 0.6 is 23.8 Å². The maximum atomic E-state index is 10.4. The molecule has 2 heterocycles. The Hall–Kier alpha value is -0.655. The van der Waals surface area contributed by atoms with E-state index in [4.69, 9.17) is 33.2 Å². The van der Waals surface area contributed by atoms with Crippen LogP contribution in [0.25, 0.3) is 0 Å². The van der Waals surface area contributed by atoms with Gasteiger partial charge >= 0.3 is 7.48 Å². The molecule has 2 aliphatic rings. The molecule has 1 atom stereocenters. The third-order valence-electron chi connectivity index (χ3n) is 6.43. The highest BCUT2D eigenvalue weighted by Gasteiger charge is 2.59. The van der Waals surface area contributed by atoms with Crippen molar-refractivity contribution in [2.75, 3.05) is 19.8 Å². The Balaban J connectivity index is 1.86. The number of nitrogens with zero attached hydrogens (tertiary/aromatic N) is 1. The van der Waals surface area contributed by atoms with Crippen LogP contribution in [-0.2, 0) is 9.39 Å². The summed E-state index contributed by atoms with van der Waals surface area (Å²) in [6, 6.07) is 6.30. The summed E-state index contributed by atoms with van der Waals surface area (Å²) in [6.07, 6.45) is 0. The molecule has 0 bridgehead atoms. The summed E-state index contributed by atoms with van der Waals surface area (Å²) in [5, 5.41) is 11.0. The Labute approximate surface area is 186 Å². The number of likely N-dealkylation sites (tertiary alicyclic amines) is 1. The van der Waals surface area contributed by atoms with Gasteiger partial charge in [0, 0.05) is 17.0 Å². The van der Waals surface area contributed by atoms with Gasteiger partial charge in [-0.1, -0.05) is 56.1 Å². The van der Waals surface area contributed by atoms with Crippen LogP contribution in [0.15, 0.2) is 18.2 Å². The Kier molecular flexibility index (Phi) is 5.94. The molecule has 1 aromatic carbocycles. The summed E-state index contributed by atoms with van der Waals surface area (Å²) in [4.78, 5) is 3.30. The molecule has 2 saturated heterocycles. The van der Waals surface area contributed by atoms with Gasteiger partial charge in [-0.2, -0.15) is 0 Å². The van der Waals surface area contributed by atoms with E-state index in [0.717, 1.165) is 35.8 Å². The highest BCUT2D eigenvalue weighted by Crippen LogP contribution is 2.54. The summed E-state index contributed by atoms with van der Waals surface area (Å²) in [7, 11) is 0.379. The van der Waals surface area contributed by atoms with Crippen LogP contribution in [0, 0.1) is 10.8 Å². The minimum atomic E-state index is -0.953. The quantitative estimate of drug-likeness (QED) is 0.563. The molecule has 1 spiro atoms. The molecular formula is C22H33BClNO3S. The van der Waals surface area contributed by atoms with E-state index >= 15 is 0 Å². The first-order chi connectivity index (χ1) is 13.2. The Bertz CT molecular complexity index is 796. The van der Waals surface area contributed by atoms with E-state index in [1.54, 1.807) is 13.8 Å². The van der Waals surface area contributed by atoms with Crippen molar-refractivity contribution in [3.8, 4) is 0 Å². The van der Waals surface area contributed by atoms with E-state index in [9.17, 15) is 5.11 Å². The molecule has 29 heavy (non-hydrogen) atoms. The maximum Gasteiger partial charge on any atom is 0.309 e. The van der Waals surface area contributed by atoms with Crippen LogP contribution in [0.3, 0.4) is 0 Å². The normalized spacial score (nSPS) is 21.6. The largest absolute Gasteiger partial charge is 0.427 e. The van der Waals surface area contributed by atoms with Crippen LogP contribution in [0.5, 0.6) is 0 Å². The number of thiocarbonyl (C=S) groups is 1. The minimum Gasteiger partial charge on any atom is -0.427 e. The molecule has 0 saturated carbocycles. The molecule has 0 aromatic heterocycles. The van der Waals surface area contributed by atoms with E-state index in [0.29, 0.717) is 12.5 Å². The molecule has 4 nitrogen and oxygen atoms in total. The minimum absolute atomic E-state index is 0.0684. The van der Waals surface area contributed by atoms with Crippen LogP contribution in [-0.4, -0.2) is 53.4 Å². The molecule has 0 aliphatic carbocycles. The van der Waals surface area contributed by atoms with E-state index < -0.39 is 11.2 Å². The van der Waals surface area contributed by atoms with Gasteiger partial charge < -0.3 is 19.4 Å². The maximum absolute atomic E-state index is 10.4. The lowest BCUT2D eigenvalue weighted by Crippen LogP contribution is -2.69. The Morgan fingerprint density at radius 1 is 1.21 bits per heavy atom. The van der Waals surface area contributed by atoms with Crippen molar-refractivity contribution >= 4 is 41.8 Å². The third kappa shape index (κ3) is 4.38. The van der Waals surface area contributed by atoms with Crippen molar-refractivity contribution in [1.82, 2.24) is 4.90 Å². The van der Waals surface area contributed by atoms with Gasteiger partial charge in [-0.15, -0.1) is 0 Å². The summed E-state index contributed by atoms with van der Waals surface area (Å²) in [6.45, 7) is 16.2. The summed E-state index contributed by atoms with van der Waals surface area (Å²) in [5.74, 6) is 0. The Morgan fingerprint density at radius 2 is 1.83 bits per heavy atom. The molecule has 1 unspecified atom stereocenters. The highest BCUT2D eigenvalue weighted by atomic mass is 35.5. The molecule has 2 fully saturated rings. The second-order valence-corrected chi connectivity index (χ2v) is 11.5. The van der Waals surface area contributed by atoms with Gasteiger partial charge in [0.05, 0.1) is 40.9 Å². The van der Waals surface area contributed by atoms with Crippen LogP contribution in [0.4, 0.5) is 0 Å². The monoisotopic (exact) mass is 437 g/mol. The van der Waals surface area contributed by atoms with Crippen molar-refractivity contribution in [1.29, 1.82) is 0 Å². The lowest BCUT2D eigenvalue weighted by atomic mass is 9.65. The second kappa shape index (κ2) is 7.49. The van der Waals surface area contributed by atoms with Gasteiger partial charge in [0.2, 0.25) is 0 Å². The zero-order valence-corrected chi connectivity index (χ0v) is 20.2. The fourth-order valence-electron chi connectivity index (χ4n) is 3.86. The number of aliphatic hydroxyl groups is 1. The second-order valence-electron chi connectivity index (χ2n) is 10.7. The van der Waals surface area contributed by atoms with E-state index in [1.807, 2.05) is 26.0 Å². The lowest BCUT2D eigenvalue weighted by Gasteiger charge is -2.63. The number of benzene rings is 1. The van der Waals surface area contributed by atoms with Gasteiger partial charge in [-0.05, 0) is 45.4 Å². The van der Waals surface area contributed by atoms with Gasteiger partial charge in [0.25, 0.3) is 0 Å². The van der Waals surface area contributed by atoms with Crippen molar-refractivity contribution in [3.63, 3.8) is 0 Å². The summed E-state index contributed by atoms with van der Waals surface area (Å²) < 4.78 is 11.6. The number of ether oxygens (including phenoxy) is 1. The Morgan fingerprint density at radius 3 is 2.31 bits per heavy atom. The van der Waals surface area contributed by atoms with Crippen molar-refractivity contribution in [2.45, 2.75) is 65.7 Å². The average molecular weight is 438 g/mol. The smallest absolute Gasteiger partial charge is 0.309 e. The van der Waals surface area contributed by atoms with Crippen LogP contribution in [0.1, 0.15) is 60.1 Å². The van der Waals surface area contributed by atoms with Gasteiger partial charge in [0.15, 0.2) is 0 Å². The first kappa shape index (κ1) is 23.0. The number of rotatable bonds is 5. The lowest BCUT2D eigenvalue weighted by molar-refractivity contribution is -0.210. The zero-order chi connectivity index (χ0) is 21.8. The molecule has 2 aliphatic heterocycles. The van der Waals surface area contributed by atoms with Crippen LogP contribution < -0.4 is 5.46 Å². The van der Waals surface area contributed by atoms with Gasteiger partial charge in [-0.25, -0.2) is 0 Å². The zero-order valence-electron chi connectivity index (χ0n) is 18.6. The van der Waals surface area contributed by atoms with Crippen molar-refractivity contribution in [3.05, 3.63) is 28.8 Å². The molecule has 7 heteroatoms. The number of hydrogen-bond acceptors (Lipinski definition) is 4. The first-order valence-corrected chi connectivity index (χ1v) is 11.0. The summed E-state index contributed by atoms with van der Waals surface area (Å²) in [5.41, 5.74) is 0.554. The van der Waals surface area contributed by atoms with Crippen molar-refractivity contribution < 1.29 is 14.5 Å². The molecular weight excluding hydrogens is 405 g/mol. The van der Waals surface area contributed by atoms with E-state index in [1.165, 1.54) is 0 Å². The van der Waals surface area contributed by atoms with Crippen molar-refractivity contribution in [2.24, 2.45) is 10.8 Å². The molecule has 1 N–H and O–H groups in total. The highest BCUT2D eigenvalue weighted by molar-refractivity contribution is 7.80. The van der Waals surface area contributed by atoms with E-state index in [-0.39, 0.29) is 16.9 Å². The van der Waals surface area contributed by atoms with Gasteiger partial charge in [0.1, 0.15) is 0 Å². The van der Waals surface area contributed by atoms with E-state index in [2.05, 4.69) is 31.7 Å². The molecule has 0 radical (unpaired) electrons. The molecule has 1 aromatic rings. The number of halogens is 1.